The zero-order valence-corrected chi connectivity index (χ0v) is 14.5. The molecular formula is C18H27N3O3. The van der Waals surface area contributed by atoms with Crippen molar-refractivity contribution in [2.24, 2.45) is 5.92 Å². The Hall–Kier alpha value is -1.50. The summed E-state index contributed by atoms with van der Waals surface area (Å²) in [6.45, 7) is 8.21. The van der Waals surface area contributed by atoms with Crippen molar-refractivity contribution in [3.63, 3.8) is 0 Å². The van der Waals surface area contributed by atoms with E-state index in [9.17, 15) is 4.79 Å². The van der Waals surface area contributed by atoms with Gasteiger partial charge in [-0.15, -0.1) is 0 Å². The summed E-state index contributed by atoms with van der Waals surface area (Å²) in [5.41, 5.74) is 0.695. The molecule has 6 heteroatoms. The van der Waals surface area contributed by atoms with Crippen molar-refractivity contribution in [1.82, 2.24) is 15.2 Å². The largest absolute Gasteiger partial charge is 0.379 e. The normalized spacial score (nSPS) is 25.6. The molecule has 0 radical (unpaired) electrons. The number of carbonyl (C=O) groups excluding carboxylic acids is 1. The Labute approximate surface area is 143 Å². The Balaban J connectivity index is 1.60. The summed E-state index contributed by atoms with van der Waals surface area (Å²) in [7, 11) is 0. The number of morpholine rings is 1. The van der Waals surface area contributed by atoms with Crippen LogP contribution in [-0.4, -0.2) is 66.9 Å². The summed E-state index contributed by atoms with van der Waals surface area (Å²) in [6.07, 6.45) is 4.51. The summed E-state index contributed by atoms with van der Waals surface area (Å²) < 4.78 is 11.0. The Kier molecular flexibility index (Phi) is 5.48. The molecule has 1 amide bonds. The maximum atomic E-state index is 12.9. The van der Waals surface area contributed by atoms with E-state index in [0.717, 1.165) is 19.5 Å². The highest BCUT2D eigenvalue weighted by Crippen LogP contribution is 2.22. The van der Waals surface area contributed by atoms with Gasteiger partial charge in [0.15, 0.2) is 0 Å². The van der Waals surface area contributed by atoms with E-state index in [2.05, 4.69) is 15.2 Å². The highest BCUT2D eigenvalue weighted by molar-refractivity contribution is 5.85. The van der Waals surface area contributed by atoms with E-state index >= 15 is 0 Å². The molecule has 0 saturated carbocycles. The number of nitrogens with zero attached hydrogens (tertiary/aromatic N) is 2. The van der Waals surface area contributed by atoms with Crippen molar-refractivity contribution in [3.8, 4) is 0 Å². The maximum Gasteiger partial charge on any atom is 0.240 e. The highest BCUT2D eigenvalue weighted by Gasteiger charge is 2.38. The lowest BCUT2D eigenvalue weighted by molar-refractivity contribution is -0.135. The van der Waals surface area contributed by atoms with E-state index in [1.165, 1.54) is 5.56 Å². The van der Waals surface area contributed by atoms with Crippen LogP contribution in [0.3, 0.4) is 0 Å². The molecule has 2 fully saturated rings. The fourth-order valence-corrected chi connectivity index (χ4v) is 3.39. The molecule has 1 N–H and O–H groups in total. The van der Waals surface area contributed by atoms with E-state index in [1.54, 1.807) is 12.4 Å². The van der Waals surface area contributed by atoms with Gasteiger partial charge in [0.1, 0.15) is 0 Å². The Morgan fingerprint density at radius 3 is 2.67 bits per heavy atom. The first-order valence-corrected chi connectivity index (χ1v) is 8.68. The molecule has 2 saturated heterocycles. The molecule has 1 aromatic heterocycles. The molecule has 0 spiro atoms. The average molecular weight is 333 g/mol. The number of amides is 1. The first-order valence-electron chi connectivity index (χ1n) is 8.68. The topological polar surface area (TPSA) is 63.7 Å². The smallest absolute Gasteiger partial charge is 0.240 e. The summed E-state index contributed by atoms with van der Waals surface area (Å²) in [6, 6.07) is 4.11. The predicted molar refractivity (Wildman–Crippen MR) is 90.7 cm³/mol. The van der Waals surface area contributed by atoms with Gasteiger partial charge < -0.3 is 14.8 Å². The van der Waals surface area contributed by atoms with Crippen LogP contribution in [0.1, 0.15) is 19.4 Å². The monoisotopic (exact) mass is 333 g/mol. The molecule has 2 aliphatic heterocycles. The second kappa shape index (κ2) is 7.59. The fourth-order valence-electron chi connectivity index (χ4n) is 3.39. The number of carbonyl (C=O) groups is 1. The van der Waals surface area contributed by atoms with E-state index in [-0.39, 0.29) is 11.9 Å². The average Bonchev–Trinajstić information content (AvgIpc) is 3.03. The molecular weight excluding hydrogens is 306 g/mol. The number of aromatic nitrogens is 1. The van der Waals surface area contributed by atoms with Crippen molar-refractivity contribution in [2.45, 2.75) is 31.8 Å². The van der Waals surface area contributed by atoms with Crippen molar-refractivity contribution >= 4 is 5.91 Å². The number of hydrogen-bond donors (Lipinski definition) is 1. The molecule has 2 atom stereocenters. The van der Waals surface area contributed by atoms with Crippen LogP contribution < -0.4 is 5.32 Å². The second-order valence-corrected chi connectivity index (χ2v) is 7.10. The first kappa shape index (κ1) is 17.3. The molecule has 132 valence electrons. The summed E-state index contributed by atoms with van der Waals surface area (Å²) in [5.74, 6) is 0.372. The fraction of sp³-hybridized carbons (Fsp3) is 0.667. The molecule has 0 aliphatic carbocycles. The molecule has 0 unspecified atom stereocenters. The zero-order chi connectivity index (χ0) is 17.0. The van der Waals surface area contributed by atoms with Crippen LogP contribution in [0.5, 0.6) is 0 Å². The number of hydrogen-bond acceptors (Lipinski definition) is 5. The lowest BCUT2D eigenvalue weighted by Gasteiger charge is -2.40. The minimum Gasteiger partial charge on any atom is -0.379 e. The molecule has 1 aromatic rings. The standard InChI is InChI=1S/C18H27N3O3/c1-18(2,21-7-9-23-10-8-21)17(22)20-16-13-24-12-15(16)11-14-3-5-19-6-4-14/h3-6,15-16H,7-13H2,1-2H3,(H,20,22)/t15-,16+/m1/s1. The van der Waals surface area contributed by atoms with E-state index in [4.69, 9.17) is 9.47 Å². The van der Waals surface area contributed by atoms with Gasteiger partial charge in [0.05, 0.1) is 38.0 Å². The van der Waals surface area contributed by atoms with Gasteiger partial charge in [0, 0.05) is 31.4 Å². The molecule has 2 aliphatic rings. The minimum atomic E-state index is -0.534. The van der Waals surface area contributed by atoms with Gasteiger partial charge in [0.25, 0.3) is 0 Å². The third-order valence-corrected chi connectivity index (χ3v) is 5.12. The predicted octanol–water partition coefficient (Wildman–Crippen LogP) is 0.866. The lowest BCUT2D eigenvalue weighted by Crippen LogP contribution is -2.60. The first-order chi connectivity index (χ1) is 11.6. The van der Waals surface area contributed by atoms with Crippen molar-refractivity contribution in [3.05, 3.63) is 30.1 Å². The van der Waals surface area contributed by atoms with Crippen LogP contribution in [0.2, 0.25) is 0 Å². The van der Waals surface area contributed by atoms with Crippen LogP contribution in [0.4, 0.5) is 0 Å². The van der Waals surface area contributed by atoms with Gasteiger partial charge in [-0.25, -0.2) is 0 Å². The van der Waals surface area contributed by atoms with Crippen LogP contribution >= 0.6 is 0 Å². The minimum absolute atomic E-state index is 0.0611. The third-order valence-electron chi connectivity index (χ3n) is 5.12. The Morgan fingerprint density at radius 1 is 1.25 bits per heavy atom. The summed E-state index contributed by atoms with van der Waals surface area (Å²) >= 11 is 0. The van der Waals surface area contributed by atoms with Gasteiger partial charge in [0.2, 0.25) is 5.91 Å². The van der Waals surface area contributed by atoms with Gasteiger partial charge in [-0.1, -0.05) is 0 Å². The number of rotatable bonds is 5. The SMILES string of the molecule is CC(C)(C(=O)N[C@H]1COC[C@H]1Cc1ccncc1)N1CCOCC1. The number of pyridine rings is 1. The van der Waals surface area contributed by atoms with Crippen molar-refractivity contribution < 1.29 is 14.3 Å². The van der Waals surface area contributed by atoms with E-state index in [0.29, 0.717) is 32.3 Å². The lowest BCUT2D eigenvalue weighted by atomic mass is 9.93. The van der Waals surface area contributed by atoms with Gasteiger partial charge in [-0.2, -0.15) is 0 Å². The van der Waals surface area contributed by atoms with Gasteiger partial charge in [-0.05, 0) is 38.0 Å². The Morgan fingerprint density at radius 2 is 1.96 bits per heavy atom. The van der Waals surface area contributed by atoms with Crippen LogP contribution in [0.25, 0.3) is 0 Å². The Bertz CT molecular complexity index is 544. The zero-order valence-electron chi connectivity index (χ0n) is 14.5. The quantitative estimate of drug-likeness (QED) is 0.866. The van der Waals surface area contributed by atoms with E-state index < -0.39 is 5.54 Å². The number of nitrogens with one attached hydrogen (secondary N) is 1. The van der Waals surface area contributed by atoms with Gasteiger partial charge in [-0.3, -0.25) is 14.7 Å². The highest BCUT2D eigenvalue weighted by atomic mass is 16.5. The van der Waals surface area contributed by atoms with Crippen LogP contribution in [-0.2, 0) is 20.7 Å². The molecule has 3 rings (SSSR count). The molecule has 3 heterocycles. The summed E-state index contributed by atoms with van der Waals surface area (Å²) in [4.78, 5) is 19.1. The van der Waals surface area contributed by atoms with Gasteiger partial charge >= 0.3 is 0 Å². The maximum absolute atomic E-state index is 12.9. The van der Waals surface area contributed by atoms with E-state index in [1.807, 2.05) is 26.0 Å². The van der Waals surface area contributed by atoms with Crippen LogP contribution in [0.15, 0.2) is 24.5 Å². The molecule has 0 aromatic carbocycles. The molecule has 0 bridgehead atoms. The second-order valence-electron chi connectivity index (χ2n) is 7.10. The number of ether oxygens (including phenoxy) is 2. The third kappa shape index (κ3) is 3.94. The van der Waals surface area contributed by atoms with Crippen molar-refractivity contribution in [2.75, 3.05) is 39.5 Å². The molecule has 6 nitrogen and oxygen atoms in total. The summed E-state index contributed by atoms with van der Waals surface area (Å²) in [5, 5.41) is 3.22. The van der Waals surface area contributed by atoms with Crippen molar-refractivity contribution in [1.29, 1.82) is 0 Å². The van der Waals surface area contributed by atoms with Crippen LogP contribution in [0, 0.1) is 5.92 Å². The molecule has 24 heavy (non-hydrogen) atoms.